The fourth-order valence-corrected chi connectivity index (χ4v) is 1.91. The first kappa shape index (κ1) is 11.3. The Hall–Kier alpha value is -1.16. The molecule has 0 spiro atoms. The van der Waals surface area contributed by atoms with Crippen molar-refractivity contribution in [2.24, 2.45) is 11.8 Å². The zero-order chi connectivity index (χ0) is 11.9. The first-order valence-electron chi connectivity index (χ1n) is 5.27. The van der Waals surface area contributed by atoms with Gasteiger partial charge in [0.15, 0.2) is 5.82 Å². The number of halogens is 2. The lowest BCUT2D eigenvalue weighted by Gasteiger charge is -2.12. The van der Waals surface area contributed by atoms with Crippen LogP contribution in [-0.2, 0) is 0 Å². The second kappa shape index (κ2) is 4.01. The summed E-state index contributed by atoms with van der Waals surface area (Å²) in [6, 6.07) is 1.48. The summed E-state index contributed by atoms with van der Waals surface area (Å²) < 4.78 is 13.7. The number of rotatable bonds is 3. The van der Waals surface area contributed by atoms with Crippen LogP contribution in [-0.4, -0.2) is 6.54 Å². The summed E-state index contributed by atoms with van der Waals surface area (Å²) in [5, 5.41) is 2.93. The lowest BCUT2D eigenvalue weighted by molar-refractivity contribution is 0.630. The van der Waals surface area contributed by atoms with Crippen LogP contribution in [0.3, 0.4) is 0 Å². The van der Waals surface area contributed by atoms with Gasteiger partial charge in [-0.1, -0.05) is 18.5 Å². The lowest BCUT2D eigenvalue weighted by Crippen LogP contribution is -2.09. The minimum atomic E-state index is -0.563. The maximum Gasteiger partial charge on any atom is 0.169 e. The summed E-state index contributed by atoms with van der Waals surface area (Å²) >= 11 is 5.72. The van der Waals surface area contributed by atoms with Gasteiger partial charge in [-0.05, 0) is 24.3 Å². The maximum atomic E-state index is 13.7. The van der Waals surface area contributed by atoms with Gasteiger partial charge in [-0.25, -0.2) is 4.39 Å². The average molecular weight is 244 g/mol. The van der Waals surface area contributed by atoms with Crippen molar-refractivity contribution in [3.8, 4) is 0 Å². The minimum Gasteiger partial charge on any atom is -0.397 e. The summed E-state index contributed by atoms with van der Waals surface area (Å²) in [6.45, 7) is 2.89. The molecule has 0 amide bonds. The molecule has 0 aromatic heterocycles. The number of benzene rings is 1. The van der Waals surface area contributed by atoms with Gasteiger partial charge in [0, 0.05) is 6.54 Å². The van der Waals surface area contributed by atoms with E-state index in [1.807, 2.05) is 0 Å². The van der Waals surface area contributed by atoms with Crippen LogP contribution >= 0.6 is 11.6 Å². The largest absolute Gasteiger partial charge is 0.397 e. The molecule has 5 heteroatoms. The van der Waals surface area contributed by atoms with E-state index in [1.165, 1.54) is 12.5 Å². The predicted octanol–water partition coefficient (Wildman–Crippen LogP) is 2.71. The molecule has 1 fully saturated rings. The molecule has 2 atom stereocenters. The Morgan fingerprint density at radius 3 is 2.69 bits per heavy atom. The molecule has 0 heterocycles. The first-order valence-corrected chi connectivity index (χ1v) is 5.65. The van der Waals surface area contributed by atoms with Crippen molar-refractivity contribution in [2.75, 3.05) is 23.3 Å². The van der Waals surface area contributed by atoms with Gasteiger partial charge in [0.1, 0.15) is 5.02 Å². The molecule has 0 bridgehead atoms. The Labute approximate surface area is 98.9 Å². The standard InChI is InChI=1S/C11H15ClFN3/c1-5-2-6(5)4-16-11-8(15)3-7(14)9(12)10(11)13/h3,5-6,16H,2,4,14-15H2,1H3. The van der Waals surface area contributed by atoms with Crippen molar-refractivity contribution in [3.05, 3.63) is 16.9 Å². The number of nitrogen functional groups attached to an aromatic ring is 2. The average Bonchev–Trinajstić information content (AvgIpc) is 2.91. The SMILES string of the molecule is CC1CC1CNc1c(N)cc(N)c(Cl)c1F. The van der Waals surface area contributed by atoms with Gasteiger partial charge in [-0.3, -0.25) is 0 Å². The molecule has 5 N–H and O–H groups in total. The van der Waals surface area contributed by atoms with Gasteiger partial charge in [0.25, 0.3) is 0 Å². The molecule has 1 aromatic carbocycles. The van der Waals surface area contributed by atoms with E-state index in [4.69, 9.17) is 23.1 Å². The van der Waals surface area contributed by atoms with Crippen LogP contribution in [0.15, 0.2) is 6.07 Å². The van der Waals surface area contributed by atoms with Gasteiger partial charge in [-0.2, -0.15) is 0 Å². The van der Waals surface area contributed by atoms with E-state index >= 15 is 0 Å². The summed E-state index contributed by atoms with van der Waals surface area (Å²) in [7, 11) is 0. The van der Waals surface area contributed by atoms with Gasteiger partial charge in [0.2, 0.25) is 0 Å². The topological polar surface area (TPSA) is 64.1 Å². The van der Waals surface area contributed by atoms with Crippen LogP contribution < -0.4 is 16.8 Å². The van der Waals surface area contributed by atoms with E-state index in [0.717, 1.165) is 6.54 Å². The number of anilines is 3. The molecule has 0 aliphatic heterocycles. The Bertz CT molecular complexity index is 422. The minimum absolute atomic E-state index is 0.0689. The normalized spacial score (nSPS) is 23.2. The smallest absolute Gasteiger partial charge is 0.169 e. The van der Waals surface area contributed by atoms with Crippen LogP contribution in [0.25, 0.3) is 0 Å². The van der Waals surface area contributed by atoms with E-state index in [9.17, 15) is 4.39 Å². The number of nitrogens with one attached hydrogen (secondary N) is 1. The maximum absolute atomic E-state index is 13.7. The molecule has 1 aromatic rings. The molecular formula is C11H15ClFN3. The lowest BCUT2D eigenvalue weighted by atomic mass is 10.2. The third-order valence-electron chi connectivity index (χ3n) is 3.08. The van der Waals surface area contributed by atoms with Crippen molar-refractivity contribution in [2.45, 2.75) is 13.3 Å². The monoisotopic (exact) mass is 243 g/mol. The Balaban J connectivity index is 2.16. The zero-order valence-corrected chi connectivity index (χ0v) is 9.81. The highest BCUT2D eigenvalue weighted by molar-refractivity contribution is 6.33. The first-order chi connectivity index (χ1) is 7.50. The summed E-state index contributed by atoms with van der Waals surface area (Å²) in [5.41, 5.74) is 11.9. The van der Waals surface area contributed by atoms with Crippen molar-refractivity contribution >= 4 is 28.7 Å². The molecule has 88 valence electrons. The molecule has 3 nitrogen and oxygen atoms in total. The highest BCUT2D eigenvalue weighted by Gasteiger charge is 2.32. The third-order valence-corrected chi connectivity index (χ3v) is 3.47. The molecule has 1 saturated carbocycles. The highest BCUT2D eigenvalue weighted by Crippen LogP contribution is 2.39. The van der Waals surface area contributed by atoms with Crippen molar-refractivity contribution in [1.29, 1.82) is 0 Å². The van der Waals surface area contributed by atoms with Gasteiger partial charge in [-0.15, -0.1) is 0 Å². The van der Waals surface area contributed by atoms with E-state index < -0.39 is 5.82 Å². The Morgan fingerprint density at radius 1 is 1.50 bits per heavy atom. The number of nitrogens with two attached hydrogens (primary N) is 2. The van der Waals surface area contributed by atoms with Crippen LogP contribution in [0.1, 0.15) is 13.3 Å². The number of hydrogen-bond acceptors (Lipinski definition) is 3. The summed E-state index contributed by atoms with van der Waals surface area (Å²) in [4.78, 5) is 0. The zero-order valence-electron chi connectivity index (χ0n) is 9.06. The molecule has 1 aliphatic carbocycles. The Kier molecular flexibility index (Phi) is 2.84. The quantitative estimate of drug-likeness (QED) is 0.716. The van der Waals surface area contributed by atoms with E-state index in [0.29, 0.717) is 17.5 Å². The van der Waals surface area contributed by atoms with Crippen LogP contribution in [0.4, 0.5) is 21.5 Å². The fourth-order valence-electron chi connectivity index (χ4n) is 1.76. The van der Waals surface area contributed by atoms with Crippen LogP contribution in [0.5, 0.6) is 0 Å². The van der Waals surface area contributed by atoms with E-state index in [2.05, 4.69) is 12.2 Å². The molecule has 0 saturated heterocycles. The third kappa shape index (κ3) is 2.02. The second-order valence-corrected chi connectivity index (χ2v) is 4.79. The van der Waals surface area contributed by atoms with E-state index in [1.54, 1.807) is 0 Å². The summed E-state index contributed by atoms with van der Waals surface area (Å²) in [6.07, 6.45) is 1.18. The van der Waals surface area contributed by atoms with E-state index in [-0.39, 0.29) is 16.4 Å². The molecular weight excluding hydrogens is 229 g/mol. The van der Waals surface area contributed by atoms with Crippen molar-refractivity contribution < 1.29 is 4.39 Å². The molecule has 2 rings (SSSR count). The summed E-state index contributed by atoms with van der Waals surface area (Å²) in [5.74, 6) is 0.753. The Morgan fingerprint density at radius 2 is 2.12 bits per heavy atom. The molecule has 1 aliphatic rings. The molecule has 16 heavy (non-hydrogen) atoms. The molecule has 0 radical (unpaired) electrons. The second-order valence-electron chi connectivity index (χ2n) is 4.41. The van der Waals surface area contributed by atoms with Crippen LogP contribution in [0.2, 0.25) is 5.02 Å². The van der Waals surface area contributed by atoms with Crippen molar-refractivity contribution in [3.63, 3.8) is 0 Å². The van der Waals surface area contributed by atoms with Crippen LogP contribution in [0, 0.1) is 17.7 Å². The molecule has 2 unspecified atom stereocenters. The van der Waals surface area contributed by atoms with Gasteiger partial charge in [0.05, 0.1) is 17.1 Å². The van der Waals surface area contributed by atoms with Gasteiger partial charge < -0.3 is 16.8 Å². The predicted molar refractivity (Wildman–Crippen MR) is 66.0 cm³/mol. The van der Waals surface area contributed by atoms with Crippen molar-refractivity contribution in [1.82, 2.24) is 0 Å². The van der Waals surface area contributed by atoms with Gasteiger partial charge >= 0.3 is 0 Å². The fraction of sp³-hybridized carbons (Fsp3) is 0.455. The highest BCUT2D eigenvalue weighted by atomic mass is 35.5. The number of hydrogen-bond donors (Lipinski definition) is 3.